The maximum atomic E-state index is 9.73. The molecule has 4 heterocycles. The second kappa shape index (κ2) is 9.64. The number of benzene rings is 7. The average molecular weight is 639 g/mol. The van der Waals surface area contributed by atoms with Crippen molar-refractivity contribution in [3.8, 4) is 23.5 Å². The number of nitriles is 2. The minimum atomic E-state index is 0.593. The third kappa shape index (κ3) is 3.49. The number of nitrogens with zero attached hydrogens (tertiary/aromatic N) is 4. The van der Waals surface area contributed by atoms with Crippen molar-refractivity contribution < 1.29 is 8.83 Å². The van der Waals surface area contributed by atoms with Gasteiger partial charge in [-0.3, -0.25) is 0 Å². The third-order valence-electron chi connectivity index (χ3n) is 10.2. The number of hydrogen-bond acceptors (Lipinski definition) is 4. The van der Waals surface area contributed by atoms with Gasteiger partial charge in [0.2, 0.25) is 0 Å². The fraction of sp³-hybridized carbons (Fsp3) is 0. The van der Waals surface area contributed by atoms with E-state index in [2.05, 4.69) is 94.1 Å². The van der Waals surface area contributed by atoms with Gasteiger partial charge in [0.1, 0.15) is 22.3 Å². The Kier molecular flexibility index (Phi) is 5.16. The standard InChI is InChI=1S/C44H22N4O2/c45-23-25-9-14-38-32(19-25)30-6-2-3-7-36(30)47(38)27-11-16-39-33(21-27)34-22-28(12-17-40(34)49-39)48-37-8-4-1-5-29(37)31-13-18-42-43(44(31)48)35-20-26(24-46)10-15-41(35)50-42/h1-22H. The van der Waals surface area contributed by atoms with E-state index in [1.165, 1.54) is 0 Å². The molecule has 0 saturated heterocycles. The summed E-state index contributed by atoms with van der Waals surface area (Å²) in [5.41, 5.74) is 10.6. The van der Waals surface area contributed by atoms with E-state index in [0.29, 0.717) is 11.1 Å². The van der Waals surface area contributed by atoms with Gasteiger partial charge >= 0.3 is 0 Å². The summed E-state index contributed by atoms with van der Waals surface area (Å²) in [5.74, 6) is 0. The smallest absolute Gasteiger partial charge is 0.137 e. The molecule has 7 aromatic carbocycles. The molecule has 0 radical (unpaired) electrons. The summed E-state index contributed by atoms with van der Waals surface area (Å²) in [6.07, 6.45) is 0. The van der Waals surface area contributed by atoms with Crippen LogP contribution in [0.1, 0.15) is 11.1 Å². The molecule has 230 valence electrons. The molecule has 6 nitrogen and oxygen atoms in total. The van der Waals surface area contributed by atoms with Crippen molar-refractivity contribution in [1.82, 2.24) is 9.13 Å². The Labute approximate surface area is 283 Å². The number of furan rings is 2. The van der Waals surface area contributed by atoms with Gasteiger partial charge < -0.3 is 18.0 Å². The second-order valence-corrected chi connectivity index (χ2v) is 12.8. The normalized spacial score (nSPS) is 12.0. The Hall–Kier alpha value is -7.28. The molecule has 0 amide bonds. The maximum absolute atomic E-state index is 9.73. The fourth-order valence-corrected chi connectivity index (χ4v) is 8.01. The van der Waals surface area contributed by atoms with Crippen LogP contribution in [0, 0.1) is 22.7 Å². The lowest BCUT2D eigenvalue weighted by atomic mass is 10.1. The molecule has 0 unspecified atom stereocenters. The zero-order chi connectivity index (χ0) is 33.1. The molecule has 0 aliphatic rings. The first kappa shape index (κ1) is 26.8. The van der Waals surface area contributed by atoms with Gasteiger partial charge in [-0.2, -0.15) is 10.5 Å². The summed E-state index contributed by atoms with van der Waals surface area (Å²) in [5, 5.41) is 27.7. The topological polar surface area (TPSA) is 83.7 Å². The van der Waals surface area contributed by atoms with Crippen molar-refractivity contribution in [2.75, 3.05) is 0 Å². The van der Waals surface area contributed by atoms with Crippen LogP contribution in [-0.4, -0.2) is 9.13 Å². The molecule has 0 fully saturated rings. The fourth-order valence-electron chi connectivity index (χ4n) is 8.01. The highest BCUT2D eigenvalue weighted by Crippen LogP contribution is 2.42. The molecule has 4 aromatic heterocycles. The van der Waals surface area contributed by atoms with E-state index in [0.717, 1.165) is 98.9 Å². The van der Waals surface area contributed by atoms with E-state index in [4.69, 9.17) is 8.83 Å². The van der Waals surface area contributed by atoms with Crippen LogP contribution in [0.2, 0.25) is 0 Å². The van der Waals surface area contributed by atoms with Gasteiger partial charge in [-0.15, -0.1) is 0 Å². The van der Waals surface area contributed by atoms with Crippen molar-refractivity contribution in [1.29, 1.82) is 10.5 Å². The van der Waals surface area contributed by atoms with Crippen LogP contribution in [0.15, 0.2) is 142 Å². The summed E-state index contributed by atoms with van der Waals surface area (Å²) in [7, 11) is 0. The van der Waals surface area contributed by atoms with Gasteiger partial charge in [0.25, 0.3) is 0 Å². The lowest BCUT2D eigenvalue weighted by Crippen LogP contribution is -1.94. The first-order valence-electron chi connectivity index (χ1n) is 16.4. The lowest BCUT2D eigenvalue weighted by molar-refractivity contribution is 0.668. The van der Waals surface area contributed by atoms with E-state index in [1.807, 2.05) is 54.6 Å². The highest BCUT2D eigenvalue weighted by molar-refractivity contribution is 6.25. The van der Waals surface area contributed by atoms with Crippen molar-refractivity contribution >= 4 is 87.5 Å². The molecule has 0 N–H and O–H groups in total. The first-order valence-corrected chi connectivity index (χ1v) is 16.4. The number of hydrogen-bond donors (Lipinski definition) is 0. The summed E-state index contributed by atoms with van der Waals surface area (Å²) < 4.78 is 17.3. The molecular formula is C44H22N4O2. The van der Waals surface area contributed by atoms with Crippen LogP contribution in [-0.2, 0) is 0 Å². The van der Waals surface area contributed by atoms with Crippen LogP contribution in [0.4, 0.5) is 0 Å². The molecule has 0 aliphatic carbocycles. The van der Waals surface area contributed by atoms with Crippen molar-refractivity contribution in [3.05, 3.63) is 145 Å². The Balaban J connectivity index is 1.20. The highest BCUT2D eigenvalue weighted by atomic mass is 16.3. The van der Waals surface area contributed by atoms with Gasteiger partial charge in [-0.25, -0.2) is 0 Å². The van der Waals surface area contributed by atoms with Crippen LogP contribution in [0.3, 0.4) is 0 Å². The SMILES string of the molecule is N#Cc1ccc2oc3ccc4c5ccccc5n(-c5ccc6oc7ccc(-n8c9ccccc9c9cc(C#N)ccc98)cc7c6c5)c4c3c2c1. The summed E-state index contributed by atoms with van der Waals surface area (Å²) in [6, 6.07) is 49.7. The predicted molar refractivity (Wildman–Crippen MR) is 199 cm³/mol. The van der Waals surface area contributed by atoms with Crippen LogP contribution >= 0.6 is 0 Å². The van der Waals surface area contributed by atoms with Gasteiger partial charge in [0, 0.05) is 49.1 Å². The van der Waals surface area contributed by atoms with Crippen molar-refractivity contribution in [2.24, 2.45) is 0 Å². The second-order valence-electron chi connectivity index (χ2n) is 12.8. The van der Waals surface area contributed by atoms with Crippen molar-refractivity contribution in [3.63, 3.8) is 0 Å². The minimum Gasteiger partial charge on any atom is -0.456 e. The van der Waals surface area contributed by atoms with Gasteiger partial charge in [-0.1, -0.05) is 36.4 Å². The molecule has 50 heavy (non-hydrogen) atoms. The molecule has 0 bridgehead atoms. The average Bonchev–Trinajstić information content (AvgIpc) is 3.91. The molecule has 0 spiro atoms. The number of aromatic nitrogens is 2. The Bertz CT molecular complexity index is 3360. The molecule has 11 aromatic rings. The maximum Gasteiger partial charge on any atom is 0.137 e. The molecule has 0 saturated carbocycles. The molecule has 11 rings (SSSR count). The summed E-state index contributed by atoms with van der Waals surface area (Å²) >= 11 is 0. The third-order valence-corrected chi connectivity index (χ3v) is 10.2. The van der Waals surface area contributed by atoms with Crippen molar-refractivity contribution in [2.45, 2.75) is 0 Å². The van der Waals surface area contributed by atoms with Gasteiger partial charge in [0.15, 0.2) is 0 Å². The predicted octanol–water partition coefficient (Wildman–Crippen LogP) is 11.4. The van der Waals surface area contributed by atoms with E-state index in [1.54, 1.807) is 6.07 Å². The molecule has 0 aliphatic heterocycles. The monoisotopic (exact) mass is 638 g/mol. The number of para-hydroxylation sites is 2. The quantitative estimate of drug-likeness (QED) is 0.189. The largest absolute Gasteiger partial charge is 0.456 e. The Morgan fingerprint density at radius 2 is 0.920 bits per heavy atom. The molecule has 0 atom stereocenters. The van der Waals surface area contributed by atoms with E-state index < -0.39 is 0 Å². The van der Waals surface area contributed by atoms with Crippen LogP contribution in [0.25, 0.3) is 98.9 Å². The summed E-state index contributed by atoms with van der Waals surface area (Å²) in [4.78, 5) is 0. The molecular weight excluding hydrogens is 617 g/mol. The first-order chi connectivity index (χ1) is 24.7. The lowest BCUT2D eigenvalue weighted by Gasteiger charge is -2.09. The van der Waals surface area contributed by atoms with E-state index in [9.17, 15) is 10.5 Å². The van der Waals surface area contributed by atoms with Crippen LogP contribution in [0.5, 0.6) is 0 Å². The Morgan fingerprint density at radius 1 is 0.400 bits per heavy atom. The number of rotatable bonds is 2. The zero-order valence-electron chi connectivity index (χ0n) is 26.3. The van der Waals surface area contributed by atoms with Crippen LogP contribution < -0.4 is 0 Å². The Morgan fingerprint density at radius 3 is 1.64 bits per heavy atom. The highest BCUT2D eigenvalue weighted by Gasteiger charge is 2.21. The summed E-state index contributed by atoms with van der Waals surface area (Å²) in [6.45, 7) is 0. The zero-order valence-corrected chi connectivity index (χ0v) is 26.3. The van der Waals surface area contributed by atoms with E-state index >= 15 is 0 Å². The number of fused-ring (bicyclic) bond motifs is 13. The molecule has 6 heteroatoms. The van der Waals surface area contributed by atoms with Gasteiger partial charge in [0.05, 0.1) is 50.7 Å². The van der Waals surface area contributed by atoms with Gasteiger partial charge in [-0.05, 0) is 97.1 Å². The van der Waals surface area contributed by atoms with E-state index in [-0.39, 0.29) is 0 Å². The minimum absolute atomic E-state index is 0.593.